The topological polar surface area (TPSA) is 190 Å². The molecule has 2 saturated carbocycles. The van der Waals surface area contributed by atoms with Crippen molar-refractivity contribution in [3.8, 4) is 0 Å². The number of nitrogens with zero attached hydrogens (tertiary/aromatic N) is 6. The van der Waals surface area contributed by atoms with Gasteiger partial charge in [-0.25, -0.2) is 19.6 Å². The molecule has 4 N–H and O–H groups in total. The fourth-order valence-corrected chi connectivity index (χ4v) is 13.3. The first-order valence-electron chi connectivity index (χ1n) is 26.2. The van der Waals surface area contributed by atoms with E-state index in [0.717, 1.165) is 109 Å². The number of nitrogens with one attached hydrogen (secondary N) is 4. The van der Waals surface area contributed by atoms with Gasteiger partial charge >= 0.3 is 12.2 Å². The van der Waals surface area contributed by atoms with Gasteiger partial charge in [0, 0.05) is 23.4 Å². The molecular weight excluding hydrogens is 909 g/mol. The Kier molecular flexibility index (Phi) is 13.1. The maximum absolute atomic E-state index is 14.5. The van der Waals surface area contributed by atoms with Crippen LogP contribution in [0.3, 0.4) is 0 Å². The highest BCUT2D eigenvalue weighted by molar-refractivity contribution is 5.88. The van der Waals surface area contributed by atoms with Gasteiger partial charge in [0.1, 0.15) is 29.9 Å². The number of H-pyrrole nitrogens is 2. The van der Waals surface area contributed by atoms with Crippen LogP contribution >= 0.6 is 0 Å². The van der Waals surface area contributed by atoms with Crippen LogP contribution < -0.4 is 15.5 Å². The van der Waals surface area contributed by atoms with Crippen molar-refractivity contribution >= 4 is 57.5 Å². The number of aliphatic imine (C=N–C) groups is 1. The molecule has 5 heterocycles. The summed E-state index contributed by atoms with van der Waals surface area (Å²) in [7, 11) is 2.62. The van der Waals surface area contributed by atoms with Gasteiger partial charge in [0.25, 0.3) is 0 Å². The number of rotatable bonds is 11. The summed E-state index contributed by atoms with van der Waals surface area (Å²) in [5.41, 5.74) is 8.51. The van der Waals surface area contributed by atoms with Gasteiger partial charge in [-0.3, -0.25) is 14.6 Å². The molecule has 16 heteroatoms. The number of anilines is 1. The number of aromatic nitrogens is 4. The molecule has 3 aromatic carbocycles. The third kappa shape index (κ3) is 8.86. The molecule has 4 amide bonds. The number of hydrogen-bond donors (Lipinski definition) is 4. The molecule has 5 aliphatic rings. The second-order valence-electron chi connectivity index (χ2n) is 22.6. The van der Waals surface area contributed by atoms with Crippen molar-refractivity contribution in [2.45, 2.75) is 160 Å². The summed E-state index contributed by atoms with van der Waals surface area (Å²) in [4.78, 5) is 82.6. The number of aromatic amines is 2. The first-order chi connectivity index (χ1) is 34.5. The van der Waals surface area contributed by atoms with E-state index in [4.69, 9.17) is 24.4 Å². The minimum Gasteiger partial charge on any atom is -0.453 e. The molecule has 0 radical (unpaired) electrons. The number of carbonyl (C=O) groups excluding carboxylic acids is 4. The minimum absolute atomic E-state index is 0.00181. The van der Waals surface area contributed by atoms with Gasteiger partial charge in [-0.1, -0.05) is 65.3 Å². The zero-order chi connectivity index (χ0) is 50.8. The van der Waals surface area contributed by atoms with Crippen molar-refractivity contribution < 1.29 is 28.7 Å². The van der Waals surface area contributed by atoms with Gasteiger partial charge in [0.15, 0.2) is 0 Å². The minimum atomic E-state index is -0.709. The van der Waals surface area contributed by atoms with Crippen molar-refractivity contribution in [1.29, 1.82) is 0 Å². The Morgan fingerprint density at radius 1 is 0.778 bits per heavy atom. The normalized spacial score (nSPS) is 26.3. The van der Waals surface area contributed by atoms with E-state index in [0.29, 0.717) is 5.92 Å². The summed E-state index contributed by atoms with van der Waals surface area (Å²) in [6.45, 7) is 14.4. The van der Waals surface area contributed by atoms with Crippen LogP contribution in [-0.4, -0.2) is 98.0 Å². The van der Waals surface area contributed by atoms with Crippen LogP contribution in [0.1, 0.15) is 165 Å². The van der Waals surface area contributed by atoms with Crippen LogP contribution in [0.25, 0.3) is 22.1 Å². The Morgan fingerprint density at radius 2 is 1.40 bits per heavy atom. The number of imidazole rings is 2. The number of benzene rings is 3. The highest BCUT2D eigenvalue weighted by atomic mass is 16.5. The lowest BCUT2D eigenvalue weighted by atomic mass is 9.87. The van der Waals surface area contributed by atoms with E-state index >= 15 is 0 Å². The smallest absolute Gasteiger partial charge is 0.407 e. The predicted molar refractivity (Wildman–Crippen MR) is 277 cm³/mol. The predicted octanol–water partition coefficient (Wildman–Crippen LogP) is 10.2. The van der Waals surface area contributed by atoms with Crippen molar-refractivity contribution in [3.63, 3.8) is 0 Å². The highest BCUT2D eigenvalue weighted by Gasteiger charge is 2.58. The molecule has 5 fully saturated rings. The van der Waals surface area contributed by atoms with Gasteiger partial charge in [-0.15, -0.1) is 0 Å². The first kappa shape index (κ1) is 49.1. The summed E-state index contributed by atoms with van der Waals surface area (Å²) in [6, 6.07) is 21.1. The molecule has 16 nitrogen and oxygen atoms in total. The molecule has 2 aliphatic carbocycles. The summed E-state index contributed by atoms with van der Waals surface area (Å²) >= 11 is 0. The number of carbonyl (C=O) groups is 4. The van der Waals surface area contributed by atoms with Gasteiger partial charge in [-0.2, -0.15) is 0 Å². The van der Waals surface area contributed by atoms with Crippen LogP contribution in [0.2, 0.25) is 0 Å². The van der Waals surface area contributed by atoms with E-state index in [1.807, 2.05) is 37.5 Å². The monoisotopic (exact) mass is 981 g/mol. The van der Waals surface area contributed by atoms with Crippen LogP contribution in [-0.2, 0) is 24.5 Å². The Labute approximate surface area is 422 Å². The van der Waals surface area contributed by atoms with E-state index < -0.39 is 23.9 Å². The molecule has 9 unspecified atom stereocenters. The number of ether oxygens (including phenoxy) is 2. The zero-order valence-corrected chi connectivity index (χ0v) is 43.4. The summed E-state index contributed by atoms with van der Waals surface area (Å²) < 4.78 is 9.74. The van der Waals surface area contributed by atoms with E-state index in [2.05, 4.69) is 107 Å². The van der Waals surface area contributed by atoms with Crippen molar-refractivity contribution in [1.82, 2.24) is 40.4 Å². The van der Waals surface area contributed by atoms with E-state index in [9.17, 15) is 19.2 Å². The molecule has 72 heavy (non-hydrogen) atoms. The molecule has 9 atom stereocenters. The van der Waals surface area contributed by atoms with Crippen molar-refractivity contribution in [3.05, 3.63) is 89.0 Å². The van der Waals surface area contributed by atoms with E-state index in [1.54, 1.807) is 0 Å². The fraction of sp³-hybridized carbons (Fsp3) is 0.554. The van der Waals surface area contributed by atoms with Gasteiger partial charge in [-0.05, 0) is 142 Å². The first-order valence-corrected chi connectivity index (χ1v) is 26.2. The Balaban J connectivity index is 0.972. The average Bonchev–Trinajstić information content (AvgIpc) is 4.22. The number of fused-ring (bicyclic) bond motifs is 4. The number of likely N-dealkylation sites (tertiary alicyclic amines) is 2. The SMILES string of the molecule is COC(=O)NCC(=O)N1C(c2nc3ccc(C4CCC(c5ccc6nc(C7CC8CCCC8N7C(=O)C(NC(=O)OC)C(C)C)[nH]c6c5)N4c4ccc(C(C)(C)C)cc4)cc3[nH]2)CC2CCCC21N=C(C)C. The van der Waals surface area contributed by atoms with E-state index in [1.165, 1.54) is 30.9 Å². The largest absolute Gasteiger partial charge is 0.453 e. The van der Waals surface area contributed by atoms with Crippen LogP contribution in [0, 0.1) is 17.8 Å². The number of alkyl carbamates (subject to hydrolysis) is 2. The highest BCUT2D eigenvalue weighted by Crippen LogP contribution is 2.56. The van der Waals surface area contributed by atoms with Crippen LogP contribution in [0.15, 0.2) is 65.7 Å². The maximum Gasteiger partial charge on any atom is 0.407 e. The van der Waals surface area contributed by atoms with Gasteiger partial charge in [0.2, 0.25) is 11.8 Å². The molecule has 382 valence electrons. The molecule has 5 aromatic rings. The van der Waals surface area contributed by atoms with Gasteiger partial charge in [0.05, 0.1) is 60.5 Å². The number of hydrogen-bond acceptors (Lipinski definition) is 10. The Bertz CT molecular complexity index is 2900. The summed E-state index contributed by atoms with van der Waals surface area (Å²) in [6.07, 6.45) is 7.92. The lowest BCUT2D eigenvalue weighted by molar-refractivity contribution is -0.138. The average molecular weight is 981 g/mol. The molecular formula is C56H72N10O6. The zero-order valence-electron chi connectivity index (χ0n) is 43.4. The fourth-order valence-electron chi connectivity index (χ4n) is 13.3. The quantitative estimate of drug-likeness (QED) is 0.0933. The third-order valence-electron chi connectivity index (χ3n) is 16.6. The standard InChI is InChI=1S/C56H72N10O6/c1-31(2)49(62-54(70)72-9)52(68)65-43-14-10-12-33(43)28-46(65)50-58-39-21-15-34(26-41(39)60-50)44-23-24-45(64(44)38-19-17-36(18-20-38)55(5,6)7)35-16-22-40-42(27-35)61-51(59-40)47-29-37-13-11-25-56(37,63-32(3)4)66(47)48(67)30-57-53(69)71-8/h15-22,26-27,31,33,37,43-47,49H,10-14,23-25,28-30H2,1-9H3,(H,57,69)(H,58,60)(H,59,61)(H,62,70). The summed E-state index contributed by atoms with van der Waals surface area (Å²) in [5, 5.41) is 5.45. The van der Waals surface area contributed by atoms with Crippen LogP contribution in [0.5, 0.6) is 0 Å². The number of methoxy groups -OCH3 is 2. The molecule has 2 aromatic heterocycles. The lowest BCUT2D eigenvalue weighted by Crippen LogP contribution is -2.53. The summed E-state index contributed by atoms with van der Waals surface area (Å²) in [5.74, 6) is 1.64. The molecule has 3 saturated heterocycles. The second kappa shape index (κ2) is 19.2. The van der Waals surface area contributed by atoms with Crippen molar-refractivity contribution in [2.75, 3.05) is 25.7 Å². The lowest BCUT2D eigenvalue weighted by Gasteiger charge is -2.38. The van der Waals surface area contributed by atoms with Gasteiger partial charge < -0.3 is 44.8 Å². The third-order valence-corrected chi connectivity index (χ3v) is 16.6. The van der Waals surface area contributed by atoms with E-state index in [-0.39, 0.29) is 65.8 Å². The van der Waals surface area contributed by atoms with Crippen LogP contribution in [0.4, 0.5) is 15.3 Å². The molecule has 3 aliphatic heterocycles. The Hall–Kier alpha value is -6.45. The number of amides is 4. The molecule has 0 spiro atoms. The van der Waals surface area contributed by atoms with Crippen molar-refractivity contribution in [2.24, 2.45) is 22.7 Å². The maximum atomic E-state index is 14.5. The second-order valence-corrected chi connectivity index (χ2v) is 22.6. The Morgan fingerprint density at radius 3 is 1.99 bits per heavy atom. The molecule has 0 bridgehead atoms. The molecule has 10 rings (SSSR count).